The van der Waals surface area contributed by atoms with E-state index in [1.165, 1.54) is 0 Å². The topological polar surface area (TPSA) is 93.9 Å². The van der Waals surface area contributed by atoms with E-state index in [1.807, 2.05) is 52.0 Å². The third-order valence-corrected chi connectivity index (χ3v) is 10.6. The van der Waals surface area contributed by atoms with Crippen LogP contribution in [0.25, 0.3) is 0 Å². The zero-order valence-corrected chi connectivity index (χ0v) is 32.7. The smallest absolute Gasteiger partial charge is 0.122 e. The number of phenols is 4. The Morgan fingerprint density at radius 2 is 0.500 bits per heavy atom. The first kappa shape index (κ1) is 39.1. The van der Waals surface area contributed by atoms with E-state index >= 15 is 0 Å². The molecular formula is C44H60N4O4. The van der Waals surface area contributed by atoms with Crippen molar-refractivity contribution in [2.45, 2.75) is 81.6 Å². The molecule has 0 saturated carbocycles. The number of benzene rings is 4. The minimum Gasteiger partial charge on any atom is -0.507 e. The molecule has 1 aliphatic heterocycles. The quantitative estimate of drug-likeness (QED) is 0.152. The molecule has 4 aromatic rings. The van der Waals surface area contributed by atoms with E-state index in [1.54, 1.807) is 0 Å². The van der Waals surface area contributed by atoms with Crippen molar-refractivity contribution in [1.82, 2.24) is 19.6 Å². The maximum atomic E-state index is 11.1. The highest BCUT2D eigenvalue weighted by Crippen LogP contribution is 2.29. The molecule has 0 amide bonds. The summed E-state index contributed by atoms with van der Waals surface area (Å²) in [4.78, 5) is 9.74. The van der Waals surface area contributed by atoms with Crippen LogP contribution in [0.1, 0.15) is 66.8 Å². The van der Waals surface area contributed by atoms with Crippen LogP contribution in [0, 0.1) is 55.4 Å². The summed E-state index contributed by atoms with van der Waals surface area (Å²) in [5.74, 6) is 1.43. The van der Waals surface area contributed by atoms with Crippen molar-refractivity contribution in [1.29, 1.82) is 0 Å². The number of aryl methyl sites for hydroxylation is 8. The Bertz CT molecular complexity index is 1590. The van der Waals surface area contributed by atoms with Gasteiger partial charge in [0.05, 0.1) is 0 Å². The van der Waals surface area contributed by atoms with Crippen LogP contribution in [0.3, 0.4) is 0 Å². The van der Waals surface area contributed by atoms with Gasteiger partial charge in [-0.3, -0.25) is 19.6 Å². The van der Waals surface area contributed by atoms with Crippen LogP contribution in [0.4, 0.5) is 0 Å². The monoisotopic (exact) mass is 708 g/mol. The number of nitrogens with zero attached hydrogens (tertiary/aromatic N) is 4. The van der Waals surface area contributed by atoms with Gasteiger partial charge in [0.1, 0.15) is 23.0 Å². The Kier molecular flexibility index (Phi) is 12.9. The average molecular weight is 709 g/mol. The van der Waals surface area contributed by atoms with Gasteiger partial charge in [-0.15, -0.1) is 0 Å². The fraction of sp³-hybridized carbons (Fsp3) is 0.455. The van der Waals surface area contributed by atoms with E-state index in [-0.39, 0.29) is 0 Å². The van der Waals surface area contributed by atoms with Gasteiger partial charge in [-0.25, -0.2) is 0 Å². The number of rotatable bonds is 8. The molecule has 0 aromatic heterocycles. The van der Waals surface area contributed by atoms with Gasteiger partial charge in [0.15, 0.2) is 0 Å². The Morgan fingerprint density at radius 1 is 0.327 bits per heavy atom. The van der Waals surface area contributed by atoms with Crippen molar-refractivity contribution in [2.24, 2.45) is 0 Å². The van der Waals surface area contributed by atoms with Gasteiger partial charge in [0.25, 0.3) is 0 Å². The molecule has 0 aliphatic carbocycles. The molecule has 280 valence electrons. The van der Waals surface area contributed by atoms with Gasteiger partial charge < -0.3 is 20.4 Å². The summed E-state index contributed by atoms with van der Waals surface area (Å²) in [6, 6.07) is 16.5. The lowest BCUT2D eigenvalue weighted by Crippen LogP contribution is -2.45. The minimum atomic E-state index is 0.357. The molecule has 0 atom stereocenters. The van der Waals surface area contributed by atoms with Gasteiger partial charge >= 0.3 is 0 Å². The van der Waals surface area contributed by atoms with E-state index < -0.39 is 0 Å². The van der Waals surface area contributed by atoms with Gasteiger partial charge in [-0.2, -0.15) is 0 Å². The van der Waals surface area contributed by atoms with E-state index in [2.05, 4.69) is 71.6 Å². The molecular weight excluding hydrogens is 649 g/mol. The second-order valence-electron chi connectivity index (χ2n) is 15.5. The van der Waals surface area contributed by atoms with Crippen LogP contribution in [0.2, 0.25) is 0 Å². The predicted octanol–water partition coefficient (Wildman–Crippen LogP) is 7.30. The summed E-state index contributed by atoms with van der Waals surface area (Å²) >= 11 is 0. The first-order valence-corrected chi connectivity index (χ1v) is 18.7. The van der Waals surface area contributed by atoms with Crippen molar-refractivity contribution >= 4 is 0 Å². The van der Waals surface area contributed by atoms with Crippen LogP contribution in [0.15, 0.2) is 48.5 Å². The van der Waals surface area contributed by atoms with Crippen molar-refractivity contribution in [2.75, 3.05) is 52.4 Å². The van der Waals surface area contributed by atoms with Crippen LogP contribution >= 0.6 is 0 Å². The molecule has 1 aliphatic rings. The largest absolute Gasteiger partial charge is 0.507 e. The molecule has 0 bridgehead atoms. The molecule has 5 rings (SSSR count). The highest BCUT2D eigenvalue weighted by Gasteiger charge is 2.22. The molecule has 4 aromatic carbocycles. The molecule has 0 radical (unpaired) electrons. The minimum absolute atomic E-state index is 0.357. The number of hydrogen-bond acceptors (Lipinski definition) is 8. The van der Waals surface area contributed by atoms with Crippen molar-refractivity contribution in [3.05, 3.63) is 115 Å². The van der Waals surface area contributed by atoms with E-state index in [0.717, 1.165) is 119 Å². The lowest BCUT2D eigenvalue weighted by molar-refractivity contribution is 0.120. The second kappa shape index (κ2) is 17.2. The Balaban J connectivity index is 1.48. The first-order chi connectivity index (χ1) is 24.7. The summed E-state index contributed by atoms with van der Waals surface area (Å²) in [5.41, 5.74) is 11.8. The molecule has 8 heteroatoms. The second-order valence-corrected chi connectivity index (χ2v) is 15.5. The zero-order chi connectivity index (χ0) is 37.7. The maximum absolute atomic E-state index is 11.1. The van der Waals surface area contributed by atoms with Crippen molar-refractivity contribution in [3.63, 3.8) is 0 Å². The third-order valence-electron chi connectivity index (χ3n) is 10.6. The standard InChI is InChI=1S/C44H60N4O4/c1-29-17-33(5)41(49)37(21-29)25-45-9-11-46(26-38-22-30(2)18-34(6)42(38)50)13-15-48(28-40-24-32(4)20-36(8)44(40)52)16-14-47(12-10-45)27-39-23-31(3)19-35(7)43(39)51/h17-24,49-52H,9-16,25-28H2,1-8H3. The summed E-state index contributed by atoms with van der Waals surface area (Å²) in [7, 11) is 0. The van der Waals surface area contributed by atoms with Gasteiger partial charge in [0.2, 0.25) is 0 Å². The number of phenolic OH excluding ortho intramolecular Hbond substituents is 4. The van der Waals surface area contributed by atoms with Gasteiger partial charge in [-0.1, -0.05) is 70.8 Å². The normalized spacial score (nSPS) is 16.2. The molecule has 1 heterocycles. The fourth-order valence-electron chi connectivity index (χ4n) is 7.85. The van der Waals surface area contributed by atoms with Crippen LogP contribution in [-0.2, 0) is 26.2 Å². The Hall–Kier alpha value is -4.08. The SMILES string of the molecule is Cc1cc(C)c(O)c(CN2CCN(Cc3cc(C)cc(C)c3O)CCN(Cc3cc(C)cc(C)c3O)CCN(Cc3cc(C)cc(C)c3O)CC2)c1. The number of aromatic hydroxyl groups is 4. The maximum Gasteiger partial charge on any atom is 0.122 e. The molecule has 52 heavy (non-hydrogen) atoms. The van der Waals surface area contributed by atoms with Crippen LogP contribution in [-0.4, -0.2) is 92.4 Å². The highest BCUT2D eigenvalue weighted by atomic mass is 16.3. The summed E-state index contributed by atoms with van der Waals surface area (Å²) in [6.45, 7) is 24.8. The Labute approximate surface area is 311 Å². The summed E-state index contributed by atoms with van der Waals surface area (Å²) in [5, 5.41) is 44.4. The van der Waals surface area contributed by atoms with Gasteiger partial charge in [0, 0.05) is 101 Å². The van der Waals surface area contributed by atoms with Crippen molar-refractivity contribution < 1.29 is 20.4 Å². The molecule has 4 N–H and O–H groups in total. The zero-order valence-electron chi connectivity index (χ0n) is 32.7. The molecule has 8 nitrogen and oxygen atoms in total. The molecule has 0 unspecified atom stereocenters. The lowest BCUT2D eigenvalue weighted by atomic mass is 10.0. The summed E-state index contributed by atoms with van der Waals surface area (Å²) < 4.78 is 0. The average Bonchev–Trinajstić information content (AvgIpc) is 3.07. The number of hydrogen-bond donors (Lipinski definition) is 4. The van der Waals surface area contributed by atoms with E-state index in [0.29, 0.717) is 49.2 Å². The van der Waals surface area contributed by atoms with E-state index in [4.69, 9.17) is 0 Å². The van der Waals surface area contributed by atoms with Crippen LogP contribution < -0.4 is 0 Å². The molecule has 1 fully saturated rings. The predicted molar refractivity (Wildman–Crippen MR) is 211 cm³/mol. The van der Waals surface area contributed by atoms with Crippen molar-refractivity contribution in [3.8, 4) is 23.0 Å². The molecule has 1 saturated heterocycles. The third kappa shape index (κ3) is 10.1. The highest BCUT2D eigenvalue weighted by molar-refractivity contribution is 5.45. The lowest BCUT2D eigenvalue weighted by Gasteiger charge is -2.35. The first-order valence-electron chi connectivity index (χ1n) is 18.7. The summed E-state index contributed by atoms with van der Waals surface area (Å²) in [6.07, 6.45) is 0. The Morgan fingerprint density at radius 3 is 0.673 bits per heavy atom. The van der Waals surface area contributed by atoms with Crippen LogP contribution in [0.5, 0.6) is 23.0 Å². The fourth-order valence-corrected chi connectivity index (χ4v) is 7.85. The molecule has 0 spiro atoms. The van der Waals surface area contributed by atoms with E-state index in [9.17, 15) is 20.4 Å². The van der Waals surface area contributed by atoms with Gasteiger partial charge in [-0.05, 0) is 77.6 Å².